The summed E-state index contributed by atoms with van der Waals surface area (Å²) in [5.41, 5.74) is 0. The number of rotatable bonds is 0. The van der Waals surface area contributed by atoms with Crippen LogP contribution >= 0.6 is 0 Å². The topological polar surface area (TPSA) is 0 Å². The molecule has 2 atom stereocenters. The summed E-state index contributed by atoms with van der Waals surface area (Å²) < 4.78 is 0. The van der Waals surface area contributed by atoms with E-state index < -0.39 is 0 Å². The van der Waals surface area contributed by atoms with Crippen LogP contribution < -0.4 is 0 Å². The summed E-state index contributed by atoms with van der Waals surface area (Å²) in [6, 6.07) is 0. The molecule has 39 valence electrons. The van der Waals surface area contributed by atoms with E-state index in [1.807, 2.05) is 0 Å². The van der Waals surface area contributed by atoms with Crippen LogP contribution in [0.15, 0.2) is 0 Å². The monoisotopic (exact) mass is 95.1 g/mol. The first-order chi connectivity index (χ1) is 3.30. The van der Waals surface area contributed by atoms with E-state index in [2.05, 4.69) is 21.1 Å². The van der Waals surface area contributed by atoms with E-state index in [0.717, 1.165) is 11.8 Å². The van der Waals surface area contributed by atoms with Crippen LogP contribution in [-0.2, 0) is 0 Å². The maximum atomic E-state index is 2.40. The van der Waals surface area contributed by atoms with Gasteiger partial charge in [0.2, 0.25) is 0 Å². The van der Waals surface area contributed by atoms with Crippen molar-refractivity contribution in [2.75, 3.05) is 0 Å². The molecule has 0 spiro atoms. The first-order valence-corrected chi connectivity index (χ1v) is 3.12. The fourth-order valence-corrected chi connectivity index (χ4v) is 1.09. The average Bonchev–Trinajstić information content (AvgIpc) is 1.91. The first-order valence-electron chi connectivity index (χ1n) is 3.12. The predicted molar refractivity (Wildman–Crippen MR) is 33.7 cm³/mol. The molecule has 1 aliphatic rings. The molecular formula is C6H12B. The van der Waals surface area contributed by atoms with Crippen LogP contribution in [0.2, 0.25) is 12.6 Å². The molecule has 7 heavy (non-hydrogen) atoms. The molecule has 0 aliphatic carbocycles. The summed E-state index contributed by atoms with van der Waals surface area (Å²) >= 11 is 0. The molecule has 0 nitrogen and oxygen atoms in total. The van der Waals surface area contributed by atoms with Crippen LogP contribution in [0.5, 0.6) is 0 Å². The van der Waals surface area contributed by atoms with E-state index in [1.165, 1.54) is 12.6 Å². The zero-order chi connectivity index (χ0) is 5.28. The second kappa shape index (κ2) is 1.89. The van der Waals surface area contributed by atoms with Crippen molar-refractivity contribution in [1.29, 1.82) is 0 Å². The fraction of sp³-hybridized carbons (Fsp3) is 1.00. The molecule has 1 aliphatic heterocycles. The molecule has 0 unspecified atom stereocenters. The van der Waals surface area contributed by atoms with Crippen molar-refractivity contribution < 1.29 is 0 Å². The minimum atomic E-state index is 0.958. The van der Waals surface area contributed by atoms with E-state index in [4.69, 9.17) is 0 Å². The van der Waals surface area contributed by atoms with Crippen molar-refractivity contribution in [2.24, 2.45) is 11.8 Å². The van der Waals surface area contributed by atoms with Gasteiger partial charge >= 0.3 is 0 Å². The zero-order valence-electron chi connectivity index (χ0n) is 5.15. The summed E-state index contributed by atoms with van der Waals surface area (Å²) in [4.78, 5) is 0. The molecule has 0 amide bonds. The van der Waals surface area contributed by atoms with Crippen LogP contribution in [0.25, 0.3) is 0 Å². The highest BCUT2D eigenvalue weighted by Gasteiger charge is 2.18. The third-order valence-electron chi connectivity index (χ3n) is 2.05. The van der Waals surface area contributed by atoms with Crippen LogP contribution in [0.4, 0.5) is 0 Å². The van der Waals surface area contributed by atoms with E-state index in [0.29, 0.717) is 0 Å². The zero-order valence-corrected chi connectivity index (χ0v) is 5.15. The Hall–Kier alpha value is 0.0649. The van der Waals surface area contributed by atoms with Crippen LogP contribution in [0, 0.1) is 11.8 Å². The van der Waals surface area contributed by atoms with Crippen molar-refractivity contribution in [3.8, 4) is 0 Å². The molecule has 0 aromatic rings. The second-order valence-electron chi connectivity index (χ2n) is 2.71. The lowest BCUT2D eigenvalue weighted by molar-refractivity contribution is 0.486. The Bertz CT molecular complexity index is 53.2. The third-order valence-corrected chi connectivity index (χ3v) is 2.05. The fourth-order valence-electron chi connectivity index (χ4n) is 1.09. The van der Waals surface area contributed by atoms with Crippen LogP contribution in [0.1, 0.15) is 13.8 Å². The summed E-state index contributed by atoms with van der Waals surface area (Å²) in [5, 5.41) is 0. The summed E-state index contributed by atoms with van der Waals surface area (Å²) in [5.74, 6) is 1.92. The van der Waals surface area contributed by atoms with Gasteiger partial charge in [0.15, 0.2) is 0 Å². The van der Waals surface area contributed by atoms with Gasteiger partial charge in [-0.15, -0.1) is 0 Å². The molecule has 0 aromatic heterocycles. The van der Waals surface area contributed by atoms with E-state index >= 15 is 0 Å². The minimum absolute atomic E-state index is 0.958. The molecule has 1 radical (unpaired) electrons. The Morgan fingerprint density at radius 3 is 1.71 bits per heavy atom. The van der Waals surface area contributed by atoms with Gasteiger partial charge in [0.05, 0.1) is 0 Å². The van der Waals surface area contributed by atoms with Crippen LogP contribution in [-0.4, -0.2) is 7.28 Å². The van der Waals surface area contributed by atoms with Gasteiger partial charge in [-0.3, -0.25) is 0 Å². The van der Waals surface area contributed by atoms with E-state index in [-0.39, 0.29) is 0 Å². The largest absolute Gasteiger partial charge is 0.110 e. The normalized spacial score (nSPS) is 40.9. The highest BCUT2D eigenvalue weighted by molar-refractivity contribution is 6.36. The molecule has 0 N–H and O–H groups in total. The lowest BCUT2D eigenvalue weighted by Gasteiger charge is -2.06. The third kappa shape index (κ3) is 0.989. The maximum absolute atomic E-state index is 2.40. The highest BCUT2D eigenvalue weighted by atomic mass is 14.1. The van der Waals surface area contributed by atoms with Gasteiger partial charge in [0.25, 0.3) is 0 Å². The lowest BCUT2D eigenvalue weighted by atomic mass is 9.76. The molecule has 0 bridgehead atoms. The molecule has 1 heteroatoms. The maximum Gasteiger partial charge on any atom is 0.110 e. The highest BCUT2D eigenvalue weighted by Crippen LogP contribution is 2.26. The van der Waals surface area contributed by atoms with Crippen molar-refractivity contribution in [1.82, 2.24) is 0 Å². The van der Waals surface area contributed by atoms with Crippen molar-refractivity contribution in [3.05, 3.63) is 0 Å². The van der Waals surface area contributed by atoms with Gasteiger partial charge in [-0.05, 0) is 11.8 Å². The summed E-state index contributed by atoms with van der Waals surface area (Å²) in [6.45, 7) is 4.66. The lowest BCUT2D eigenvalue weighted by Crippen LogP contribution is -1.94. The van der Waals surface area contributed by atoms with Gasteiger partial charge in [-0.25, -0.2) is 0 Å². The Morgan fingerprint density at radius 2 is 1.57 bits per heavy atom. The number of hydrogen-bond donors (Lipinski definition) is 0. The molecular weight excluding hydrogens is 82.9 g/mol. The van der Waals surface area contributed by atoms with Gasteiger partial charge in [0, 0.05) is 0 Å². The molecule has 0 aromatic carbocycles. The number of hydrogen-bond acceptors (Lipinski definition) is 0. The Balaban J connectivity index is 2.33. The van der Waals surface area contributed by atoms with Gasteiger partial charge in [-0.1, -0.05) is 26.5 Å². The first kappa shape index (κ1) is 5.21. The van der Waals surface area contributed by atoms with E-state index in [9.17, 15) is 0 Å². The summed E-state index contributed by atoms with van der Waals surface area (Å²) in [7, 11) is 2.40. The Kier molecular flexibility index (Phi) is 1.41. The van der Waals surface area contributed by atoms with Crippen molar-refractivity contribution in [3.63, 3.8) is 0 Å². The second-order valence-corrected chi connectivity index (χ2v) is 2.71. The minimum Gasteiger partial charge on any atom is -0.0776 e. The molecule has 0 saturated carbocycles. The summed E-state index contributed by atoms with van der Waals surface area (Å²) in [6.07, 6.45) is 2.70. The van der Waals surface area contributed by atoms with Gasteiger partial charge < -0.3 is 0 Å². The van der Waals surface area contributed by atoms with Crippen LogP contribution in [0.3, 0.4) is 0 Å². The Labute approximate surface area is 46.5 Å². The quantitative estimate of drug-likeness (QED) is 0.402. The average molecular weight is 95.0 g/mol. The molecule has 1 rings (SSSR count). The standard InChI is InChI=1S/C6H12B/c1-5-3-7-4-6(5)2/h5-6H,3-4H2,1-2H3/t5-,6-/m1/s1. The SMILES string of the molecule is C[C@@H]1C[B]C[C@H]1C. The van der Waals surface area contributed by atoms with E-state index in [1.54, 1.807) is 0 Å². The van der Waals surface area contributed by atoms with Crippen molar-refractivity contribution >= 4 is 7.28 Å². The van der Waals surface area contributed by atoms with Gasteiger partial charge in [-0.2, -0.15) is 0 Å². The molecule has 1 fully saturated rings. The smallest absolute Gasteiger partial charge is 0.0776 e. The van der Waals surface area contributed by atoms with Crippen molar-refractivity contribution in [2.45, 2.75) is 26.5 Å². The van der Waals surface area contributed by atoms with Gasteiger partial charge in [0.1, 0.15) is 7.28 Å². The predicted octanol–water partition coefficient (Wildman–Crippen LogP) is 1.81. The molecule has 1 heterocycles. The molecule has 1 saturated heterocycles. The Morgan fingerprint density at radius 1 is 1.14 bits per heavy atom.